The van der Waals surface area contributed by atoms with E-state index in [0.29, 0.717) is 43.1 Å². The van der Waals surface area contributed by atoms with Crippen molar-refractivity contribution in [3.8, 4) is 0 Å². The van der Waals surface area contributed by atoms with Gasteiger partial charge in [0.2, 0.25) is 17.6 Å². The predicted octanol–water partition coefficient (Wildman–Crippen LogP) is 1.78. The van der Waals surface area contributed by atoms with E-state index in [1.165, 1.54) is 0 Å². The Bertz CT molecular complexity index is 1340. The molecular formula is C26H30N4O7S. The largest absolute Gasteiger partial charge is 0.432 e. The van der Waals surface area contributed by atoms with E-state index in [4.69, 9.17) is 9.15 Å². The Morgan fingerprint density at radius 1 is 1.05 bits per heavy atom. The lowest BCUT2D eigenvalue weighted by Gasteiger charge is -2.28. The van der Waals surface area contributed by atoms with Gasteiger partial charge in [0, 0.05) is 38.7 Å². The minimum Gasteiger partial charge on any atom is -0.432 e. The molecule has 1 aliphatic rings. The molecule has 2 aromatic heterocycles. The first-order valence-corrected chi connectivity index (χ1v) is 14.3. The third-order valence-corrected chi connectivity index (χ3v) is 7.81. The fourth-order valence-electron chi connectivity index (χ4n) is 4.17. The van der Waals surface area contributed by atoms with E-state index in [-0.39, 0.29) is 49.1 Å². The van der Waals surface area contributed by atoms with E-state index in [2.05, 4.69) is 15.3 Å². The third-order valence-electron chi connectivity index (χ3n) is 6.12. The van der Waals surface area contributed by atoms with Gasteiger partial charge in [-0.1, -0.05) is 30.3 Å². The normalized spacial score (nSPS) is 14.8. The molecule has 12 heteroatoms. The molecule has 202 valence electrons. The van der Waals surface area contributed by atoms with Gasteiger partial charge in [0.15, 0.2) is 21.1 Å². The Balaban J connectivity index is 1.34. The molecule has 1 aliphatic heterocycles. The molecule has 1 N–H and O–H groups in total. The molecule has 0 bridgehead atoms. The number of aromatic nitrogens is 2. The zero-order valence-electron chi connectivity index (χ0n) is 20.9. The molecule has 3 aromatic rings. The van der Waals surface area contributed by atoms with Gasteiger partial charge in [-0.2, -0.15) is 4.98 Å². The molecule has 38 heavy (non-hydrogen) atoms. The maximum absolute atomic E-state index is 13.0. The summed E-state index contributed by atoms with van der Waals surface area (Å²) in [6, 6.07) is 12.0. The molecule has 1 atom stereocenters. The van der Waals surface area contributed by atoms with Crippen LogP contribution in [0.1, 0.15) is 35.5 Å². The van der Waals surface area contributed by atoms with E-state index in [9.17, 15) is 22.8 Å². The van der Waals surface area contributed by atoms with Crippen molar-refractivity contribution in [2.45, 2.75) is 25.0 Å². The minimum absolute atomic E-state index is 0.0500. The van der Waals surface area contributed by atoms with Gasteiger partial charge in [0.05, 0.1) is 30.6 Å². The average molecular weight is 543 g/mol. The van der Waals surface area contributed by atoms with E-state index >= 15 is 0 Å². The number of carbonyl (C=O) groups excluding carboxylic acids is 3. The summed E-state index contributed by atoms with van der Waals surface area (Å²) in [6.45, 7) is 1.73. The van der Waals surface area contributed by atoms with Gasteiger partial charge < -0.3 is 19.4 Å². The number of fused-ring (bicyclic) bond motifs is 1. The quantitative estimate of drug-likeness (QED) is 0.267. The van der Waals surface area contributed by atoms with Crippen LogP contribution in [0, 0.1) is 5.92 Å². The molecule has 11 nitrogen and oxygen atoms in total. The highest BCUT2D eigenvalue weighted by atomic mass is 32.2. The summed E-state index contributed by atoms with van der Waals surface area (Å²) in [4.78, 5) is 48.0. The molecular weight excluding hydrogens is 512 g/mol. The van der Waals surface area contributed by atoms with Gasteiger partial charge in [-0.05, 0) is 24.1 Å². The number of sulfone groups is 1. The maximum Gasteiger partial charge on any atom is 0.265 e. The van der Waals surface area contributed by atoms with Crippen LogP contribution in [-0.2, 0) is 29.9 Å². The van der Waals surface area contributed by atoms with Crippen LogP contribution in [0.3, 0.4) is 0 Å². The number of morpholine rings is 1. The topological polar surface area (TPSA) is 149 Å². The molecule has 0 spiro atoms. The first-order chi connectivity index (χ1) is 18.3. The van der Waals surface area contributed by atoms with Crippen molar-refractivity contribution in [2.75, 3.05) is 38.6 Å². The summed E-state index contributed by atoms with van der Waals surface area (Å²) >= 11 is 0. The number of pyridine rings is 1. The Morgan fingerprint density at radius 3 is 2.55 bits per heavy atom. The second kappa shape index (κ2) is 12.7. The number of nitrogens with one attached hydrogen (secondary N) is 1. The lowest BCUT2D eigenvalue weighted by atomic mass is 10.1. The molecule has 1 unspecified atom stereocenters. The van der Waals surface area contributed by atoms with Crippen molar-refractivity contribution < 1.29 is 32.0 Å². The van der Waals surface area contributed by atoms with Crippen molar-refractivity contribution >= 4 is 38.7 Å². The van der Waals surface area contributed by atoms with E-state index in [0.717, 1.165) is 0 Å². The highest BCUT2D eigenvalue weighted by molar-refractivity contribution is 7.90. The van der Waals surface area contributed by atoms with Crippen LogP contribution in [0.25, 0.3) is 11.2 Å². The monoisotopic (exact) mass is 542 g/mol. The molecule has 1 saturated heterocycles. The lowest BCUT2D eigenvalue weighted by Crippen LogP contribution is -2.44. The Kier molecular flexibility index (Phi) is 9.19. The van der Waals surface area contributed by atoms with Crippen molar-refractivity contribution in [3.05, 3.63) is 60.1 Å². The van der Waals surface area contributed by atoms with E-state index in [1.807, 2.05) is 0 Å². The SMILES string of the molecule is O=C(CCCNC(=O)C(CC(=O)N1CCOCC1)CS(=O)(=O)Cc1ccccc1)c1nc2ncccc2o1. The number of ketones is 1. The van der Waals surface area contributed by atoms with Gasteiger partial charge in [0.1, 0.15) is 0 Å². The average Bonchev–Trinajstić information content (AvgIpc) is 3.36. The van der Waals surface area contributed by atoms with Crippen LogP contribution in [0.15, 0.2) is 53.1 Å². The molecule has 1 aromatic carbocycles. The summed E-state index contributed by atoms with van der Waals surface area (Å²) in [7, 11) is -3.69. The molecule has 0 saturated carbocycles. The number of amides is 2. The number of benzene rings is 1. The Hall–Kier alpha value is -3.64. The van der Waals surface area contributed by atoms with Gasteiger partial charge in [-0.25, -0.2) is 13.4 Å². The molecule has 0 radical (unpaired) electrons. The van der Waals surface area contributed by atoms with Crippen molar-refractivity contribution in [2.24, 2.45) is 5.92 Å². The number of hydrogen-bond donors (Lipinski definition) is 1. The summed E-state index contributed by atoms with van der Waals surface area (Å²) in [5.74, 6) is -2.95. The second-order valence-electron chi connectivity index (χ2n) is 9.10. The number of Topliss-reactive ketones (excluding diaryl/α,β-unsaturated/α-hetero) is 1. The highest BCUT2D eigenvalue weighted by Gasteiger charge is 2.30. The molecule has 1 fully saturated rings. The molecule has 2 amide bonds. The standard InChI is InChI=1S/C26H30N4O7S/c31-21(26-29-24-22(37-26)9-5-10-27-24)8-4-11-28-25(33)20(16-23(32)30-12-14-36-15-13-30)18-38(34,35)17-19-6-2-1-3-7-19/h1-3,5-7,9-10,20H,4,8,11-18H2,(H,28,33). The first-order valence-electron chi connectivity index (χ1n) is 12.4. The summed E-state index contributed by atoms with van der Waals surface area (Å²) < 4.78 is 36.6. The minimum atomic E-state index is -3.69. The molecule has 0 aliphatic carbocycles. The van der Waals surface area contributed by atoms with Crippen LogP contribution in [0.5, 0.6) is 0 Å². The maximum atomic E-state index is 13.0. The van der Waals surface area contributed by atoms with Crippen molar-refractivity contribution in [1.82, 2.24) is 20.2 Å². The fraction of sp³-hybridized carbons (Fsp3) is 0.423. The van der Waals surface area contributed by atoms with Gasteiger partial charge >= 0.3 is 0 Å². The van der Waals surface area contributed by atoms with E-state index in [1.54, 1.807) is 53.6 Å². The summed E-state index contributed by atoms with van der Waals surface area (Å²) in [6.07, 6.45) is 1.68. The van der Waals surface area contributed by atoms with E-state index < -0.39 is 27.4 Å². The number of nitrogens with zero attached hydrogens (tertiary/aromatic N) is 3. The zero-order chi connectivity index (χ0) is 27.0. The van der Waals surface area contributed by atoms with Crippen molar-refractivity contribution in [3.63, 3.8) is 0 Å². The first kappa shape index (κ1) is 27.4. The van der Waals surface area contributed by atoms with Crippen molar-refractivity contribution in [1.29, 1.82) is 0 Å². The van der Waals surface area contributed by atoms with Gasteiger partial charge in [0.25, 0.3) is 5.89 Å². The smallest absolute Gasteiger partial charge is 0.265 e. The van der Waals surface area contributed by atoms with Crippen LogP contribution < -0.4 is 5.32 Å². The number of hydrogen-bond acceptors (Lipinski definition) is 9. The zero-order valence-corrected chi connectivity index (χ0v) is 21.7. The van der Waals surface area contributed by atoms with Gasteiger partial charge in [-0.3, -0.25) is 14.4 Å². The fourth-order valence-corrected chi connectivity index (χ4v) is 5.87. The Labute approximate surface area is 220 Å². The predicted molar refractivity (Wildman–Crippen MR) is 138 cm³/mol. The molecule has 4 rings (SSSR count). The van der Waals surface area contributed by atoms with Crippen LogP contribution >= 0.6 is 0 Å². The highest BCUT2D eigenvalue weighted by Crippen LogP contribution is 2.17. The third kappa shape index (κ3) is 7.68. The number of oxazole rings is 1. The van der Waals surface area contributed by atoms with Crippen LogP contribution in [-0.4, -0.2) is 79.5 Å². The number of carbonyl (C=O) groups is 3. The molecule has 3 heterocycles. The second-order valence-corrected chi connectivity index (χ2v) is 11.2. The van der Waals surface area contributed by atoms with Crippen LogP contribution in [0.4, 0.5) is 0 Å². The lowest BCUT2D eigenvalue weighted by molar-refractivity contribution is -0.139. The van der Waals surface area contributed by atoms with Gasteiger partial charge in [-0.15, -0.1) is 0 Å². The van der Waals surface area contributed by atoms with Crippen LogP contribution in [0.2, 0.25) is 0 Å². The number of ether oxygens (including phenoxy) is 1. The Morgan fingerprint density at radius 2 is 1.82 bits per heavy atom. The summed E-state index contributed by atoms with van der Waals surface area (Å²) in [5, 5.41) is 2.70. The summed E-state index contributed by atoms with van der Waals surface area (Å²) in [5.41, 5.74) is 1.36. The number of rotatable bonds is 12.